The molecule has 0 aromatic heterocycles. The van der Waals surface area contributed by atoms with Crippen molar-refractivity contribution >= 4 is 0 Å². The summed E-state index contributed by atoms with van der Waals surface area (Å²) in [6.45, 7) is 6.05. The Morgan fingerprint density at radius 2 is 1.36 bits per heavy atom. The third kappa shape index (κ3) is 11.7. The van der Waals surface area contributed by atoms with E-state index >= 15 is 0 Å². The standard InChI is InChI=1S/C14H27/c1-3-5-7-9-11-13-14-12-10-8-6-4-2/h5,7H,1,3-4,6,8-14H2,2H3/b7-5+. The van der Waals surface area contributed by atoms with Gasteiger partial charge in [0.25, 0.3) is 0 Å². The van der Waals surface area contributed by atoms with Crippen molar-refractivity contribution in [2.24, 2.45) is 0 Å². The summed E-state index contributed by atoms with van der Waals surface area (Å²) in [7, 11) is 0. The molecule has 0 saturated heterocycles. The molecule has 0 saturated carbocycles. The van der Waals surface area contributed by atoms with E-state index in [1.54, 1.807) is 0 Å². The predicted molar refractivity (Wildman–Crippen MR) is 66.3 cm³/mol. The number of allylic oxidation sites excluding steroid dienone is 2. The van der Waals surface area contributed by atoms with E-state index in [9.17, 15) is 0 Å². The van der Waals surface area contributed by atoms with Crippen molar-refractivity contribution in [3.8, 4) is 0 Å². The molecular formula is C14H27. The van der Waals surface area contributed by atoms with Gasteiger partial charge in [-0.15, -0.1) is 0 Å². The van der Waals surface area contributed by atoms with Crippen LogP contribution in [0.25, 0.3) is 0 Å². The molecule has 83 valence electrons. The number of hydrogen-bond acceptors (Lipinski definition) is 0. The zero-order chi connectivity index (χ0) is 10.5. The Labute approximate surface area is 90.8 Å². The molecule has 0 N–H and O–H groups in total. The van der Waals surface area contributed by atoms with E-state index in [4.69, 9.17) is 0 Å². The van der Waals surface area contributed by atoms with Gasteiger partial charge in [0.15, 0.2) is 0 Å². The minimum Gasteiger partial charge on any atom is -0.0885 e. The lowest BCUT2D eigenvalue weighted by Crippen LogP contribution is -1.79. The lowest BCUT2D eigenvalue weighted by Gasteiger charge is -1.99. The fraction of sp³-hybridized carbons (Fsp3) is 0.786. The van der Waals surface area contributed by atoms with Crippen LogP contribution in [-0.2, 0) is 0 Å². The molecule has 0 nitrogen and oxygen atoms in total. The van der Waals surface area contributed by atoms with E-state index in [2.05, 4.69) is 26.0 Å². The third-order valence-corrected chi connectivity index (χ3v) is 2.56. The van der Waals surface area contributed by atoms with Crippen LogP contribution < -0.4 is 0 Å². The van der Waals surface area contributed by atoms with Gasteiger partial charge in [0.05, 0.1) is 0 Å². The molecule has 0 aromatic carbocycles. The van der Waals surface area contributed by atoms with Crippen LogP contribution >= 0.6 is 0 Å². The van der Waals surface area contributed by atoms with Gasteiger partial charge in [-0.25, -0.2) is 0 Å². The Morgan fingerprint density at radius 3 is 1.93 bits per heavy atom. The lowest BCUT2D eigenvalue weighted by molar-refractivity contribution is 0.577. The maximum Gasteiger partial charge on any atom is -0.0351 e. The van der Waals surface area contributed by atoms with Crippen molar-refractivity contribution < 1.29 is 0 Å². The summed E-state index contributed by atoms with van der Waals surface area (Å²) in [5.74, 6) is 0. The molecule has 0 aromatic rings. The van der Waals surface area contributed by atoms with Crippen molar-refractivity contribution in [2.45, 2.75) is 71.1 Å². The quantitative estimate of drug-likeness (QED) is 0.328. The second-order valence-electron chi connectivity index (χ2n) is 4.02. The maximum absolute atomic E-state index is 3.77. The molecule has 0 atom stereocenters. The first-order valence-corrected chi connectivity index (χ1v) is 6.36. The highest BCUT2D eigenvalue weighted by Gasteiger charge is 1.89. The van der Waals surface area contributed by atoms with Crippen LogP contribution in [0.1, 0.15) is 71.1 Å². The van der Waals surface area contributed by atoms with Gasteiger partial charge in [-0.05, 0) is 26.2 Å². The zero-order valence-corrected chi connectivity index (χ0v) is 9.93. The topological polar surface area (TPSA) is 0 Å². The molecule has 0 aliphatic heterocycles. The predicted octanol–water partition coefficient (Wildman–Crippen LogP) is 5.30. The molecule has 1 radical (unpaired) electrons. The van der Waals surface area contributed by atoms with Gasteiger partial charge in [0.2, 0.25) is 0 Å². The Morgan fingerprint density at radius 1 is 0.786 bits per heavy atom. The van der Waals surface area contributed by atoms with Crippen molar-refractivity contribution in [3.63, 3.8) is 0 Å². The second kappa shape index (κ2) is 12.7. The smallest absolute Gasteiger partial charge is 0.0351 e. The number of rotatable bonds is 10. The van der Waals surface area contributed by atoms with Gasteiger partial charge in [0, 0.05) is 0 Å². The van der Waals surface area contributed by atoms with Crippen LogP contribution in [0.4, 0.5) is 0 Å². The fourth-order valence-corrected chi connectivity index (χ4v) is 1.63. The Kier molecular flexibility index (Phi) is 12.5. The highest BCUT2D eigenvalue weighted by atomic mass is 14.0. The average molecular weight is 195 g/mol. The molecule has 0 bridgehead atoms. The van der Waals surface area contributed by atoms with Gasteiger partial charge < -0.3 is 0 Å². The van der Waals surface area contributed by atoms with E-state index < -0.39 is 0 Å². The normalized spacial score (nSPS) is 11.3. The third-order valence-electron chi connectivity index (χ3n) is 2.56. The summed E-state index contributed by atoms with van der Waals surface area (Å²) < 4.78 is 0. The van der Waals surface area contributed by atoms with Crippen LogP contribution in [-0.4, -0.2) is 0 Å². The SMILES string of the molecule is [CH2]C/C=C/CCCCCCCCCC. The van der Waals surface area contributed by atoms with E-state index in [1.165, 1.54) is 57.8 Å². The Hall–Kier alpha value is -0.260. The molecule has 0 amide bonds. The zero-order valence-electron chi connectivity index (χ0n) is 9.93. The van der Waals surface area contributed by atoms with Crippen molar-refractivity contribution in [2.75, 3.05) is 0 Å². The Balaban J connectivity index is 2.88. The van der Waals surface area contributed by atoms with Crippen molar-refractivity contribution in [3.05, 3.63) is 19.1 Å². The average Bonchev–Trinajstić information content (AvgIpc) is 2.21. The minimum atomic E-state index is 0.941. The molecule has 0 aliphatic carbocycles. The van der Waals surface area contributed by atoms with Gasteiger partial charge in [0.1, 0.15) is 0 Å². The lowest BCUT2D eigenvalue weighted by atomic mass is 10.1. The molecular weight excluding hydrogens is 168 g/mol. The highest BCUT2D eigenvalue weighted by molar-refractivity contribution is 4.81. The van der Waals surface area contributed by atoms with Crippen LogP contribution in [0.15, 0.2) is 12.2 Å². The van der Waals surface area contributed by atoms with Gasteiger partial charge >= 0.3 is 0 Å². The van der Waals surface area contributed by atoms with Crippen molar-refractivity contribution in [1.29, 1.82) is 0 Å². The maximum atomic E-state index is 3.77. The molecule has 0 aliphatic rings. The first-order chi connectivity index (χ1) is 6.91. The van der Waals surface area contributed by atoms with E-state index in [1.807, 2.05) is 0 Å². The molecule has 0 spiro atoms. The van der Waals surface area contributed by atoms with Crippen molar-refractivity contribution in [1.82, 2.24) is 0 Å². The molecule has 0 rings (SSSR count). The first kappa shape index (κ1) is 13.7. The summed E-state index contributed by atoms with van der Waals surface area (Å²) in [5.41, 5.74) is 0. The highest BCUT2D eigenvalue weighted by Crippen LogP contribution is 2.09. The van der Waals surface area contributed by atoms with E-state index in [-0.39, 0.29) is 0 Å². The van der Waals surface area contributed by atoms with Crippen LogP contribution in [0.5, 0.6) is 0 Å². The first-order valence-electron chi connectivity index (χ1n) is 6.36. The number of hydrogen-bond donors (Lipinski definition) is 0. The van der Waals surface area contributed by atoms with E-state index in [0.717, 1.165) is 6.42 Å². The summed E-state index contributed by atoms with van der Waals surface area (Å²) >= 11 is 0. The summed E-state index contributed by atoms with van der Waals surface area (Å²) in [6, 6.07) is 0. The summed E-state index contributed by atoms with van der Waals surface area (Å²) in [6.07, 6.45) is 18.0. The molecule has 0 heterocycles. The summed E-state index contributed by atoms with van der Waals surface area (Å²) in [4.78, 5) is 0. The molecule has 0 fully saturated rings. The Bertz CT molecular complexity index is 113. The van der Waals surface area contributed by atoms with Crippen LogP contribution in [0, 0.1) is 6.92 Å². The fourth-order valence-electron chi connectivity index (χ4n) is 1.63. The van der Waals surface area contributed by atoms with Crippen LogP contribution in [0.3, 0.4) is 0 Å². The largest absolute Gasteiger partial charge is 0.0885 e. The van der Waals surface area contributed by atoms with Gasteiger partial charge in [-0.2, -0.15) is 0 Å². The second-order valence-corrected chi connectivity index (χ2v) is 4.02. The van der Waals surface area contributed by atoms with E-state index in [0.29, 0.717) is 0 Å². The minimum absolute atomic E-state index is 0.941. The summed E-state index contributed by atoms with van der Waals surface area (Å²) in [5, 5.41) is 0. The number of unbranched alkanes of at least 4 members (excludes halogenated alkanes) is 8. The van der Waals surface area contributed by atoms with Crippen LogP contribution in [0.2, 0.25) is 0 Å². The molecule has 14 heavy (non-hydrogen) atoms. The van der Waals surface area contributed by atoms with Gasteiger partial charge in [-0.1, -0.05) is 64.0 Å². The molecule has 0 heteroatoms. The molecule has 0 unspecified atom stereocenters. The monoisotopic (exact) mass is 195 g/mol. The van der Waals surface area contributed by atoms with Gasteiger partial charge in [-0.3, -0.25) is 0 Å².